The molecule has 6 heteroatoms. The average Bonchev–Trinajstić information content (AvgIpc) is 1.72. The van der Waals surface area contributed by atoms with E-state index in [1.54, 1.807) is 5.59 Å². The number of hydrogen-bond donors (Lipinski definition) is 2. The van der Waals surface area contributed by atoms with E-state index >= 15 is 0 Å². The minimum Gasteiger partial charge on any atom is -0.298 e. The third-order valence-corrected chi connectivity index (χ3v) is 0.535. The zero-order valence-electron chi connectivity index (χ0n) is 3.79. The molecule has 0 saturated heterocycles. The third-order valence-electron chi connectivity index (χ3n) is 0.343. The van der Waals surface area contributed by atoms with Crippen molar-refractivity contribution in [2.75, 3.05) is 7.11 Å². The molecule has 1 atom stereocenters. The van der Waals surface area contributed by atoms with Gasteiger partial charge in [0, 0.05) is 14.8 Å². The number of rotatable bonds is 3. The lowest BCUT2D eigenvalue weighted by Gasteiger charge is -2.10. The van der Waals surface area contributed by atoms with Crippen molar-refractivity contribution in [2.24, 2.45) is 0 Å². The molecule has 0 rings (SSSR count). The monoisotopic (exact) mass is 126 g/mol. The zero-order chi connectivity index (χ0) is 5.70. The van der Waals surface area contributed by atoms with Gasteiger partial charge >= 0.3 is 0 Å². The van der Waals surface area contributed by atoms with Crippen LogP contribution in [0, 0.1) is 0 Å². The van der Waals surface area contributed by atoms with Crippen LogP contribution in [0.2, 0.25) is 0 Å². The Morgan fingerprint density at radius 1 is 1.86 bits per heavy atom. The summed E-state index contributed by atoms with van der Waals surface area (Å²) in [6.45, 7) is 0. The van der Waals surface area contributed by atoms with E-state index in [-0.39, 0.29) is 0 Å². The first-order valence-electron chi connectivity index (χ1n) is 1.46. The predicted octanol–water partition coefficient (Wildman–Crippen LogP) is -0.535. The first kappa shape index (κ1) is 7.23. The van der Waals surface area contributed by atoms with E-state index in [0.29, 0.717) is 5.34 Å². The van der Waals surface area contributed by atoms with Gasteiger partial charge in [-0.15, -0.1) is 0 Å². The molecule has 5 nitrogen and oxygen atoms in total. The molecule has 0 aliphatic rings. The van der Waals surface area contributed by atoms with Crippen LogP contribution in [0.15, 0.2) is 0 Å². The normalized spacial score (nSPS) is 10.3. The van der Waals surface area contributed by atoms with Crippen LogP contribution in [0.5, 0.6) is 0 Å². The van der Waals surface area contributed by atoms with Crippen LogP contribution >= 0.6 is 9.47 Å². The van der Waals surface area contributed by atoms with Gasteiger partial charge in [0.05, 0.1) is 7.11 Å². The van der Waals surface area contributed by atoms with Crippen molar-refractivity contribution in [2.45, 2.75) is 0 Å². The summed E-state index contributed by atoms with van der Waals surface area (Å²) in [5.41, 5.74) is 1.57. The lowest BCUT2D eigenvalue weighted by Crippen LogP contribution is -2.31. The van der Waals surface area contributed by atoms with Gasteiger partial charge in [0.1, 0.15) is 0 Å². The average molecular weight is 126 g/mol. The van der Waals surface area contributed by atoms with Crippen molar-refractivity contribution in [3.63, 3.8) is 0 Å². The molecule has 0 bridgehead atoms. The Balaban J connectivity index is 2.99. The Bertz CT molecular complexity index is 34.4. The molecule has 7 heavy (non-hydrogen) atoms. The molecule has 0 heterocycles. The van der Waals surface area contributed by atoms with Crippen LogP contribution in [0.3, 0.4) is 0 Å². The van der Waals surface area contributed by atoms with Gasteiger partial charge in [-0.3, -0.25) is 10.0 Å². The van der Waals surface area contributed by atoms with Gasteiger partial charge in [-0.25, -0.2) is 4.62 Å². The van der Waals surface area contributed by atoms with E-state index in [9.17, 15) is 0 Å². The van der Waals surface area contributed by atoms with E-state index in [1.165, 1.54) is 7.11 Å². The molecule has 0 aromatic rings. The molecular weight excluding hydrogens is 119 g/mol. The number of nitrogens with one attached hydrogen (secondary N) is 1. The van der Waals surface area contributed by atoms with Gasteiger partial charge in [0.15, 0.2) is 0 Å². The van der Waals surface area contributed by atoms with E-state index in [1.807, 2.05) is 9.47 Å². The van der Waals surface area contributed by atoms with Crippen molar-refractivity contribution >= 4 is 9.47 Å². The van der Waals surface area contributed by atoms with Crippen LogP contribution in [0.1, 0.15) is 0 Å². The van der Waals surface area contributed by atoms with Crippen LogP contribution in [0.4, 0.5) is 0 Å². The van der Waals surface area contributed by atoms with Gasteiger partial charge < -0.3 is 0 Å². The van der Waals surface area contributed by atoms with Crippen LogP contribution in [-0.2, 0) is 9.46 Å². The molecule has 0 amide bonds. The van der Waals surface area contributed by atoms with Crippen molar-refractivity contribution in [1.29, 1.82) is 0 Å². The molecule has 0 radical (unpaired) electrons. The van der Waals surface area contributed by atoms with Crippen molar-refractivity contribution in [3.05, 3.63) is 0 Å². The van der Waals surface area contributed by atoms with Gasteiger partial charge in [0.2, 0.25) is 0 Å². The molecular formula is CH7N2O3P. The number of hydrogen-bond acceptors (Lipinski definition) is 5. The molecule has 0 aromatic heterocycles. The summed E-state index contributed by atoms with van der Waals surface area (Å²) < 4.78 is 4.22. The second-order valence-electron chi connectivity index (χ2n) is 0.645. The predicted molar refractivity (Wildman–Crippen MR) is 24.6 cm³/mol. The summed E-state index contributed by atoms with van der Waals surface area (Å²) >= 11 is 0. The highest BCUT2D eigenvalue weighted by atomic mass is 31.0. The fourth-order valence-corrected chi connectivity index (χ4v) is 0.241. The van der Waals surface area contributed by atoms with Gasteiger partial charge in [0.25, 0.3) is 0 Å². The smallest absolute Gasteiger partial charge is 0.0617 e. The lowest BCUT2D eigenvalue weighted by atomic mass is 11.7. The van der Waals surface area contributed by atoms with E-state index in [0.717, 1.165) is 0 Å². The first-order valence-corrected chi connectivity index (χ1v) is 1.93. The fourth-order valence-electron chi connectivity index (χ4n) is 0.107. The maximum Gasteiger partial charge on any atom is 0.0617 e. The summed E-state index contributed by atoms with van der Waals surface area (Å²) in [4.78, 5) is 4.28. The summed E-state index contributed by atoms with van der Waals surface area (Å²) in [5.74, 6) is 0. The lowest BCUT2D eigenvalue weighted by molar-refractivity contribution is -0.375. The fraction of sp³-hybridized carbons (Fsp3) is 1.00. The molecule has 44 valence electrons. The summed E-state index contributed by atoms with van der Waals surface area (Å²) in [7, 11) is 3.19. The second-order valence-corrected chi connectivity index (χ2v) is 0.856. The zero-order valence-corrected chi connectivity index (χ0v) is 4.94. The van der Waals surface area contributed by atoms with E-state index in [4.69, 9.17) is 5.21 Å². The summed E-state index contributed by atoms with van der Waals surface area (Å²) in [5, 5.41) is 8.58. The molecule has 0 aromatic carbocycles. The van der Waals surface area contributed by atoms with Crippen LogP contribution in [-0.4, -0.2) is 17.7 Å². The minimum atomic E-state index is 0.644. The first-order chi connectivity index (χ1) is 3.35. The standard InChI is InChI=1S/CH7N2O3P/c1-5-3(2-4)6-7/h2,4H,7H2,1H3. The Morgan fingerprint density at radius 3 is 2.43 bits per heavy atom. The van der Waals surface area contributed by atoms with Gasteiger partial charge in [-0.1, -0.05) is 5.59 Å². The Kier molecular flexibility index (Phi) is 4.53. The maximum atomic E-state index is 7.94. The highest BCUT2D eigenvalue weighted by molar-refractivity contribution is 7.09. The highest BCUT2D eigenvalue weighted by Crippen LogP contribution is 1.88. The molecule has 0 fully saturated rings. The van der Waals surface area contributed by atoms with Crippen LogP contribution < -0.4 is 5.59 Å². The highest BCUT2D eigenvalue weighted by Gasteiger charge is 1.91. The van der Waals surface area contributed by atoms with Crippen molar-refractivity contribution in [1.82, 2.24) is 10.9 Å². The van der Waals surface area contributed by atoms with Gasteiger partial charge in [-0.2, -0.15) is 0 Å². The van der Waals surface area contributed by atoms with E-state index < -0.39 is 0 Å². The minimum absolute atomic E-state index is 0.644. The second kappa shape index (κ2) is 4.39. The molecule has 0 spiro atoms. The largest absolute Gasteiger partial charge is 0.298 e. The van der Waals surface area contributed by atoms with Crippen molar-refractivity contribution < 1.29 is 14.7 Å². The van der Waals surface area contributed by atoms with Crippen molar-refractivity contribution in [3.8, 4) is 0 Å². The molecule has 0 aliphatic carbocycles. The Morgan fingerprint density at radius 2 is 2.43 bits per heavy atom. The third kappa shape index (κ3) is 2.87. The molecule has 0 aliphatic heterocycles. The molecule has 2 N–H and O–H groups in total. The number of nitrogens with zero attached hydrogens (tertiary/aromatic N) is 1. The quantitative estimate of drug-likeness (QED) is 0.393. The SMILES string of the molecule is CON(NO)OP. The van der Waals surface area contributed by atoms with Gasteiger partial charge in [-0.05, 0) is 0 Å². The topological polar surface area (TPSA) is 54.0 Å². The Labute approximate surface area is 43.3 Å². The molecule has 1 unspecified atom stereocenters. The van der Waals surface area contributed by atoms with Crippen LogP contribution in [0.25, 0.3) is 0 Å². The van der Waals surface area contributed by atoms with E-state index in [2.05, 4.69) is 9.46 Å². The summed E-state index contributed by atoms with van der Waals surface area (Å²) in [6, 6.07) is 0. The maximum absolute atomic E-state index is 7.94. The Hall–Kier alpha value is 0.230. The summed E-state index contributed by atoms with van der Waals surface area (Å²) in [6.07, 6.45) is 0. The number of hydrazine groups is 1. The molecule has 0 saturated carbocycles.